The Bertz CT molecular complexity index is 665. The van der Waals surface area contributed by atoms with Crippen LogP contribution in [0, 0.1) is 6.92 Å². The summed E-state index contributed by atoms with van der Waals surface area (Å²) >= 11 is 3.18. The Labute approximate surface area is 130 Å². The monoisotopic (exact) mass is 351 g/mol. The Balaban J connectivity index is 2.37. The molecule has 0 saturated carbocycles. The zero-order valence-corrected chi connectivity index (χ0v) is 13.0. The third-order valence-electron chi connectivity index (χ3n) is 3.05. The average Bonchev–Trinajstić information content (AvgIpc) is 2.86. The molecule has 1 aromatic heterocycles. The highest BCUT2D eigenvalue weighted by atomic mass is 79.9. The van der Waals surface area contributed by atoms with E-state index in [1.165, 1.54) is 11.2 Å². The van der Waals surface area contributed by atoms with E-state index < -0.39 is 5.97 Å². The van der Waals surface area contributed by atoms with Gasteiger partial charge in [-0.1, -0.05) is 18.2 Å². The lowest BCUT2D eigenvalue weighted by Gasteiger charge is -2.23. The van der Waals surface area contributed by atoms with Crippen molar-refractivity contribution in [1.82, 2.24) is 0 Å². The van der Waals surface area contributed by atoms with Crippen molar-refractivity contribution in [1.29, 1.82) is 0 Å². The number of aryl methyl sites for hydroxylation is 1. The molecule has 1 heterocycles. The van der Waals surface area contributed by atoms with Crippen molar-refractivity contribution in [2.24, 2.45) is 0 Å². The third kappa shape index (κ3) is 3.52. The molecule has 0 saturated heterocycles. The van der Waals surface area contributed by atoms with Crippen LogP contribution in [0.15, 0.2) is 45.7 Å². The number of furan rings is 1. The number of aliphatic carboxylic acids is 1. The summed E-state index contributed by atoms with van der Waals surface area (Å²) in [4.78, 5) is 24.9. The molecule has 0 fully saturated rings. The minimum atomic E-state index is -0.951. The number of carbonyl (C=O) groups is 2. The second kappa shape index (κ2) is 6.58. The molecule has 6 heteroatoms. The highest BCUT2D eigenvalue weighted by Gasteiger charge is 2.23. The van der Waals surface area contributed by atoms with Gasteiger partial charge in [-0.25, -0.2) is 0 Å². The molecule has 0 bridgehead atoms. The van der Waals surface area contributed by atoms with Gasteiger partial charge in [0.05, 0.1) is 18.2 Å². The number of hydrogen-bond donors (Lipinski definition) is 1. The molecule has 2 rings (SSSR count). The molecular weight excluding hydrogens is 338 g/mol. The van der Waals surface area contributed by atoms with Crippen molar-refractivity contribution in [2.75, 3.05) is 11.4 Å². The fourth-order valence-electron chi connectivity index (χ4n) is 2.00. The Morgan fingerprint density at radius 3 is 2.57 bits per heavy atom. The molecule has 0 aliphatic carbocycles. The molecule has 1 N–H and O–H groups in total. The van der Waals surface area contributed by atoms with Gasteiger partial charge in [0, 0.05) is 12.2 Å². The standard InChI is InChI=1S/C15H14BrNO4/c1-10-4-2-3-5-12(10)17(8-6-13(18)19)15(20)11-7-9-21-14(11)16/h2-5,7,9H,6,8H2,1H3,(H,18,19). The number of benzene rings is 1. The second-order valence-electron chi connectivity index (χ2n) is 4.49. The summed E-state index contributed by atoms with van der Waals surface area (Å²) in [6.07, 6.45) is 1.28. The van der Waals surface area contributed by atoms with Crippen molar-refractivity contribution >= 4 is 33.5 Å². The maximum atomic E-state index is 12.6. The van der Waals surface area contributed by atoms with Gasteiger partial charge in [-0.3, -0.25) is 9.59 Å². The Morgan fingerprint density at radius 2 is 2.00 bits per heavy atom. The molecule has 0 spiro atoms. The SMILES string of the molecule is Cc1ccccc1N(CCC(=O)O)C(=O)c1ccoc1Br. The lowest BCUT2D eigenvalue weighted by atomic mass is 10.1. The van der Waals surface area contributed by atoms with Gasteiger partial charge in [0.2, 0.25) is 0 Å². The molecule has 0 aliphatic rings. The first-order valence-corrected chi connectivity index (χ1v) is 7.12. The van der Waals surface area contributed by atoms with Crippen LogP contribution < -0.4 is 4.90 Å². The first-order valence-electron chi connectivity index (χ1n) is 6.33. The van der Waals surface area contributed by atoms with Crippen LogP contribution in [-0.2, 0) is 4.79 Å². The average molecular weight is 352 g/mol. The number of amides is 1. The van der Waals surface area contributed by atoms with E-state index in [0.29, 0.717) is 15.9 Å². The van der Waals surface area contributed by atoms with Crippen LogP contribution >= 0.6 is 15.9 Å². The first kappa shape index (κ1) is 15.3. The van der Waals surface area contributed by atoms with Gasteiger partial charge in [-0.05, 0) is 40.5 Å². The van der Waals surface area contributed by atoms with Gasteiger partial charge in [0.1, 0.15) is 0 Å². The van der Waals surface area contributed by atoms with Crippen molar-refractivity contribution in [3.8, 4) is 0 Å². The predicted molar refractivity (Wildman–Crippen MR) is 81.5 cm³/mol. The molecule has 0 radical (unpaired) electrons. The molecule has 2 aromatic rings. The van der Waals surface area contributed by atoms with Gasteiger partial charge >= 0.3 is 5.97 Å². The van der Waals surface area contributed by atoms with Crippen molar-refractivity contribution in [3.63, 3.8) is 0 Å². The number of carbonyl (C=O) groups excluding carboxylic acids is 1. The molecule has 0 atom stereocenters. The maximum absolute atomic E-state index is 12.6. The minimum Gasteiger partial charge on any atom is -0.481 e. The van der Waals surface area contributed by atoms with E-state index in [1.807, 2.05) is 25.1 Å². The van der Waals surface area contributed by atoms with E-state index >= 15 is 0 Å². The summed E-state index contributed by atoms with van der Waals surface area (Å²) in [5.74, 6) is -1.25. The molecule has 1 aromatic carbocycles. The van der Waals surface area contributed by atoms with Gasteiger partial charge in [-0.2, -0.15) is 0 Å². The van der Waals surface area contributed by atoms with Gasteiger partial charge in [-0.15, -0.1) is 0 Å². The van der Waals surface area contributed by atoms with E-state index in [2.05, 4.69) is 15.9 Å². The van der Waals surface area contributed by atoms with Crippen LogP contribution in [0.3, 0.4) is 0 Å². The van der Waals surface area contributed by atoms with Crippen molar-refractivity contribution in [2.45, 2.75) is 13.3 Å². The van der Waals surface area contributed by atoms with Crippen LogP contribution in [0.2, 0.25) is 0 Å². The lowest BCUT2D eigenvalue weighted by Crippen LogP contribution is -2.33. The molecule has 5 nitrogen and oxygen atoms in total. The van der Waals surface area contributed by atoms with Gasteiger partial charge in [0.15, 0.2) is 4.67 Å². The topological polar surface area (TPSA) is 70.8 Å². The van der Waals surface area contributed by atoms with E-state index in [0.717, 1.165) is 5.56 Å². The second-order valence-corrected chi connectivity index (χ2v) is 5.22. The highest BCUT2D eigenvalue weighted by molar-refractivity contribution is 9.10. The van der Waals surface area contributed by atoms with E-state index in [9.17, 15) is 9.59 Å². The number of hydrogen-bond acceptors (Lipinski definition) is 3. The Morgan fingerprint density at radius 1 is 1.29 bits per heavy atom. The van der Waals surface area contributed by atoms with Crippen molar-refractivity contribution in [3.05, 3.63) is 52.4 Å². The maximum Gasteiger partial charge on any atom is 0.305 e. The third-order valence-corrected chi connectivity index (χ3v) is 3.66. The van der Waals surface area contributed by atoms with Crippen LogP contribution in [0.4, 0.5) is 5.69 Å². The van der Waals surface area contributed by atoms with Gasteiger partial charge < -0.3 is 14.4 Å². The summed E-state index contributed by atoms with van der Waals surface area (Å²) in [7, 11) is 0. The molecule has 0 unspecified atom stereocenters. The number of rotatable bonds is 5. The van der Waals surface area contributed by atoms with Crippen LogP contribution in [0.1, 0.15) is 22.3 Å². The van der Waals surface area contributed by atoms with Crippen LogP contribution in [0.5, 0.6) is 0 Å². The first-order chi connectivity index (χ1) is 10.0. The van der Waals surface area contributed by atoms with Crippen LogP contribution in [0.25, 0.3) is 0 Å². The van der Waals surface area contributed by atoms with E-state index in [1.54, 1.807) is 12.1 Å². The largest absolute Gasteiger partial charge is 0.481 e. The summed E-state index contributed by atoms with van der Waals surface area (Å²) < 4.78 is 5.41. The Kier molecular flexibility index (Phi) is 4.80. The number of carboxylic acids is 1. The number of carboxylic acid groups (broad SMARTS) is 1. The lowest BCUT2D eigenvalue weighted by molar-refractivity contribution is -0.136. The Hall–Kier alpha value is -2.08. The molecule has 110 valence electrons. The quantitative estimate of drug-likeness (QED) is 0.895. The van der Waals surface area contributed by atoms with E-state index in [4.69, 9.17) is 9.52 Å². The predicted octanol–water partition coefficient (Wildman–Crippen LogP) is 3.47. The highest BCUT2D eigenvalue weighted by Crippen LogP contribution is 2.25. The smallest absolute Gasteiger partial charge is 0.305 e. The summed E-state index contributed by atoms with van der Waals surface area (Å²) in [5.41, 5.74) is 1.95. The number of para-hydroxylation sites is 1. The fraction of sp³-hybridized carbons (Fsp3) is 0.200. The number of halogens is 1. The number of nitrogens with zero attached hydrogens (tertiary/aromatic N) is 1. The molecule has 21 heavy (non-hydrogen) atoms. The van der Waals surface area contributed by atoms with Crippen molar-refractivity contribution < 1.29 is 19.1 Å². The zero-order chi connectivity index (χ0) is 15.4. The summed E-state index contributed by atoms with van der Waals surface area (Å²) in [5, 5.41) is 8.88. The minimum absolute atomic E-state index is 0.0939. The summed E-state index contributed by atoms with van der Waals surface area (Å²) in [6.45, 7) is 1.97. The molecule has 1 amide bonds. The van der Waals surface area contributed by atoms with E-state index in [-0.39, 0.29) is 18.9 Å². The molecular formula is C15H14BrNO4. The zero-order valence-electron chi connectivity index (χ0n) is 11.4. The normalized spacial score (nSPS) is 10.4. The van der Waals surface area contributed by atoms with Gasteiger partial charge in [0.25, 0.3) is 5.91 Å². The fourth-order valence-corrected chi connectivity index (χ4v) is 2.41. The summed E-state index contributed by atoms with van der Waals surface area (Å²) in [6, 6.07) is 8.91. The molecule has 0 aliphatic heterocycles. The van der Waals surface area contributed by atoms with Crippen LogP contribution in [-0.4, -0.2) is 23.5 Å². The number of anilines is 1.